The second-order valence-electron chi connectivity index (χ2n) is 9.02. The van der Waals surface area contributed by atoms with Crippen LogP contribution in [0.5, 0.6) is 11.5 Å². The maximum Gasteiger partial charge on any atom is 0.311 e. The lowest BCUT2D eigenvalue weighted by molar-refractivity contribution is -0.161. The van der Waals surface area contributed by atoms with E-state index in [1.54, 1.807) is 14.2 Å². The highest BCUT2D eigenvalue weighted by Gasteiger charge is 2.51. The molecule has 1 saturated heterocycles. The van der Waals surface area contributed by atoms with Crippen LogP contribution in [0, 0.1) is 5.41 Å². The molecule has 2 fully saturated rings. The molecule has 0 bridgehead atoms. The molecule has 1 aromatic rings. The maximum absolute atomic E-state index is 12.3. The first-order valence-corrected chi connectivity index (χ1v) is 9.85. The summed E-state index contributed by atoms with van der Waals surface area (Å²) >= 11 is 0. The molecule has 2 aliphatic rings. The summed E-state index contributed by atoms with van der Waals surface area (Å²) in [5.41, 5.74) is 0.924. The molecule has 0 N–H and O–H groups in total. The van der Waals surface area contributed by atoms with Gasteiger partial charge in [-0.3, -0.25) is 4.79 Å². The molecule has 0 aromatic heterocycles. The van der Waals surface area contributed by atoms with Crippen LogP contribution in [-0.4, -0.2) is 50.8 Å². The number of carbonyl (C=O) groups is 1. The SMILES string of the molecule is COc1ccc(C23CCC(OC(=O)C(C)(C)C)CC2N(C)CC3)cc1OC. The van der Waals surface area contributed by atoms with Crippen molar-refractivity contribution in [3.63, 3.8) is 0 Å². The van der Waals surface area contributed by atoms with Gasteiger partial charge in [0.25, 0.3) is 0 Å². The molecule has 0 radical (unpaired) electrons. The highest BCUT2D eigenvalue weighted by Crippen LogP contribution is 2.50. The molecule has 0 amide bonds. The average molecular weight is 376 g/mol. The number of hydrogen-bond acceptors (Lipinski definition) is 5. The molecule has 1 saturated carbocycles. The minimum Gasteiger partial charge on any atom is -0.493 e. The number of likely N-dealkylation sites (tertiary alicyclic amines) is 1. The van der Waals surface area contributed by atoms with Gasteiger partial charge in [-0.1, -0.05) is 6.07 Å². The first-order chi connectivity index (χ1) is 12.7. The van der Waals surface area contributed by atoms with Crippen molar-refractivity contribution in [1.29, 1.82) is 0 Å². The van der Waals surface area contributed by atoms with E-state index in [2.05, 4.69) is 24.1 Å². The molecule has 1 aliphatic carbocycles. The van der Waals surface area contributed by atoms with E-state index < -0.39 is 5.41 Å². The number of carbonyl (C=O) groups excluding carboxylic acids is 1. The molecule has 1 heterocycles. The molecule has 27 heavy (non-hydrogen) atoms. The van der Waals surface area contributed by atoms with Crippen molar-refractivity contribution in [2.24, 2.45) is 5.41 Å². The summed E-state index contributed by atoms with van der Waals surface area (Å²) in [6, 6.07) is 6.67. The van der Waals surface area contributed by atoms with Crippen molar-refractivity contribution in [2.45, 2.75) is 64.0 Å². The van der Waals surface area contributed by atoms with E-state index in [0.29, 0.717) is 6.04 Å². The highest BCUT2D eigenvalue weighted by atomic mass is 16.5. The Morgan fingerprint density at radius 2 is 1.85 bits per heavy atom. The first-order valence-electron chi connectivity index (χ1n) is 9.85. The lowest BCUT2D eigenvalue weighted by Crippen LogP contribution is -2.48. The third-order valence-electron chi connectivity index (χ3n) is 6.32. The fourth-order valence-electron chi connectivity index (χ4n) is 4.66. The van der Waals surface area contributed by atoms with Crippen molar-refractivity contribution in [2.75, 3.05) is 27.8 Å². The molecule has 150 valence electrons. The van der Waals surface area contributed by atoms with Crippen molar-refractivity contribution in [3.05, 3.63) is 23.8 Å². The summed E-state index contributed by atoms with van der Waals surface area (Å²) in [4.78, 5) is 14.8. The van der Waals surface area contributed by atoms with Crippen LogP contribution >= 0.6 is 0 Å². The van der Waals surface area contributed by atoms with Gasteiger partial charge in [-0.2, -0.15) is 0 Å². The maximum atomic E-state index is 12.3. The van der Waals surface area contributed by atoms with Gasteiger partial charge in [-0.15, -0.1) is 0 Å². The molecule has 1 aromatic carbocycles. The minimum atomic E-state index is -0.459. The van der Waals surface area contributed by atoms with Gasteiger partial charge in [0.05, 0.1) is 19.6 Å². The van der Waals surface area contributed by atoms with E-state index in [0.717, 1.165) is 43.7 Å². The van der Waals surface area contributed by atoms with Crippen LogP contribution in [-0.2, 0) is 14.9 Å². The smallest absolute Gasteiger partial charge is 0.311 e. The fraction of sp³-hybridized carbons (Fsp3) is 0.682. The number of fused-ring (bicyclic) bond motifs is 1. The number of hydrogen-bond donors (Lipinski definition) is 0. The average Bonchev–Trinajstić information content (AvgIpc) is 2.98. The van der Waals surface area contributed by atoms with Gasteiger partial charge in [0.2, 0.25) is 0 Å². The van der Waals surface area contributed by atoms with Crippen LogP contribution in [0.4, 0.5) is 0 Å². The number of methoxy groups -OCH3 is 2. The quantitative estimate of drug-likeness (QED) is 0.750. The van der Waals surface area contributed by atoms with E-state index >= 15 is 0 Å². The van der Waals surface area contributed by atoms with Gasteiger partial charge in [-0.25, -0.2) is 0 Å². The van der Waals surface area contributed by atoms with E-state index in [9.17, 15) is 4.79 Å². The molecule has 5 heteroatoms. The third kappa shape index (κ3) is 3.66. The van der Waals surface area contributed by atoms with Crippen LogP contribution < -0.4 is 9.47 Å². The molecule has 5 nitrogen and oxygen atoms in total. The van der Waals surface area contributed by atoms with Crippen LogP contribution in [0.1, 0.15) is 52.0 Å². The molecule has 1 aliphatic heterocycles. The summed E-state index contributed by atoms with van der Waals surface area (Å²) < 4.78 is 16.8. The lowest BCUT2D eigenvalue weighted by Gasteiger charge is -2.44. The van der Waals surface area contributed by atoms with Crippen LogP contribution in [0.25, 0.3) is 0 Å². The minimum absolute atomic E-state index is 0.00413. The largest absolute Gasteiger partial charge is 0.493 e. The molecule has 3 rings (SSSR count). The Balaban J connectivity index is 1.85. The van der Waals surface area contributed by atoms with E-state index in [1.807, 2.05) is 26.8 Å². The van der Waals surface area contributed by atoms with Gasteiger partial charge >= 0.3 is 5.97 Å². The van der Waals surface area contributed by atoms with Crippen LogP contribution in [0.3, 0.4) is 0 Å². The van der Waals surface area contributed by atoms with Crippen molar-refractivity contribution >= 4 is 5.97 Å². The van der Waals surface area contributed by atoms with E-state index in [1.165, 1.54) is 5.56 Å². The fourth-order valence-corrected chi connectivity index (χ4v) is 4.66. The zero-order valence-corrected chi connectivity index (χ0v) is 17.5. The van der Waals surface area contributed by atoms with Crippen LogP contribution in [0.2, 0.25) is 0 Å². The van der Waals surface area contributed by atoms with Crippen molar-refractivity contribution in [3.8, 4) is 11.5 Å². The van der Waals surface area contributed by atoms with Crippen molar-refractivity contribution < 1.29 is 19.0 Å². The highest BCUT2D eigenvalue weighted by molar-refractivity contribution is 5.75. The summed E-state index contributed by atoms with van der Waals surface area (Å²) in [5, 5.41) is 0. The number of likely N-dealkylation sites (N-methyl/N-ethyl adjacent to an activating group) is 1. The Kier molecular flexibility index (Phi) is 5.44. The molecular weight excluding hydrogens is 342 g/mol. The normalized spacial score (nSPS) is 28.5. The number of rotatable bonds is 4. The van der Waals surface area contributed by atoms with Gasteiger partial charge < -0.3 is 19.1 Å². The number of benzene rings is 1. The lowest BCUT2D eigenvalue weighted by atomic mass is 9.65. The topological polar surface area (TPSA) is 48.0 Å². The molecule has 3 unspecified atom stereocenters. The Morgan fingerprint density at radius 3 is 2.48 bits per heavy atom. The van der Waals surface area contributed by atoms with Crippen LogP contribution in [0.15, 0.2) is 18.2 Å². The van der Waals surface area contributed by atoms with Gasteiger partial charge in [0.15, 0.2) is 11.5 Å². The van der Waals surface area contributed by atoms with Gasteiger partial charge in [-0.05, 0) is 71.3 Å². The summed E-state index contributed by atoms with van der Waals surface area (Å²) in [5.74, 6) is 1.43. The Bertz CT molecular complexity index is 696. The van der Waals surface area contributed by atoms with Crippen molar-refractivity contribution in [1.82, 2.24) is 4.90 Å². The zero-order valence-electron chi connectivity index (χ0n) is 17.5. The summed E-state index contributed by atoms with van der Waals surface area (Å²) in [6.45, 7) is 6.79. The summed E-state index contributed by atoms with van der Waals surface area (Å²) in [7, 11) is 5.53. The monoisotopic (exact) mass is 375 g/mol. The number of esters is 1. The number of nitrogens with zero attached hydrogens (tertiary/aromatic N) is 1. The third-order valence-corrected chi connectivity index (χ3v) is 6.32. The predicted molar refractivity (Wildman–Crippen MR) is 105 cm³/mol. The predicted octanol–water partition coefficient (Wildman–Crippen LogP) is 3.79. The molecule has 0 spiro atoms. The van der Waals surface area contributed by atoms with Gasteiger partial charge in [0.1, 0.15) is 6.10 Å². The molecular formula is C22H33NO4. The second kappa shape index (κ2) is 7.34. The Hall–Kier alpha value is -1.75. The Labute approximate surface area is 163 Å². The Morgan fingerprint density at radius 1 is 1.15 bits per heavy atom. The summed E-state index contributed by atoms with van der Waals surface area (Å²) in [6.07, 6.45) is 3.91. The number of ether oxygens (including phenoxy) is 3. The molecule has 3 atom stereocenters. The second-order valence-corrected chi connectivity index (χ2v) is 9.02. The van der Waals surface area contributed by atoms with Gasteiger partial charge in [0, 0.05) is 17.9 Å². The standard InChI is InChI=1S/C22H33NO4/c1-21(2,3)20(24)27-16-9-10-22(11-12-23(4)19(22)14-16)15-7-8-17(25-5)18(13-15)26-6/h7-8,13,16,19H,9-12,14H2,1-6H3. The zero-order chi connectivity index (χ0) is 19.8. The first kappa shape index (κ1) is 20.0. The van der Waals surface area contributed by atoms with E-state index in [-0.39, 0.29) is 17.5 Å². The van der Waals surface area contributed by atoms with E-state index in [4.69, 9.17) is 14.2 Å².